The van der Waals surface area contributed by atoms with Crippen molar-refractivity contribution in [3.05, 3.63) is 59.4 Å². The minimum absolute atomic E-state index is 0.0303. The zero-order valence-corrected chi connectivity index (χ0v) is 16.7. The van der Waals surface area contributed by atoms with Gasteiger partial charge in [-0.15, -0.1) is 0 Å². The van der Waals surface area contributed by atoms with Gasteiger partial charge in [0.25, 0.3) is 0 Å². The highest BCUT2D eigenvalue weighted by molar-refractivity contribution is 5.91. The zero-order valence-electron chi connectivity index (χ0n) is 16.7. The van der Waals surface area contributed by atoms with E-state index in [0.717, 1.165) is 36.5 Å². The van der Waals surface area contributed by atoms with Crippen LogP contribution in [0, 0.1) is 11.7 Å². The van der Waals surface area contributed by atoms with Crippen LogP contribution in [0.3, 0.4) is 0 Å². The van der Waals surface area contributed by atoms with E-state index < -0.39 is 11.8 Å². The van der Waals surface area contributed by atoms with Crippen molar-refractivity contribution < 1.29 is 18.7 Å². The molecule has 1 saturated carbocycles. The van der Waals surface area contributed by atoms with Crippen molar-refractivity contribution in [3.8, 4) is 11.5 Å². The fourth-order valence-corrected chi connectivity index (χ4v) is 3.84. The molecule has 0 radical (unpaired) electrons. The topological polar surface area (TPSA) is 35.5 Å². The molecule has 150 valence electrons. The minimum atomic E-state index is -0.680. The van der Waals surface area contributed by atoms with Crippen LogP contribution >= 0.6 is 0 Å². The van der Waals surface area contributed by atoms with Crippen LogP contribution in [0.5, 0.6) is 11.5 Å². The summed E-state index contributed by atoms with van der Waals surface area (Å²) in [4.78, 5) is 12.4. The third-order valence-electron chi connectivity index (χ3n) is 5.62. The first-order valence-corrected chi connectivity index (χ1v) is 10.3. The second-order valence-corrected chi connectivity index (χ2v) is 7.57. The van der Waals surface area contributed by atoms with Crippen molar-refractivity contribution >= 4 is 5.97 Å². The molecule has 2 aromatic carbocycles. The lowest BCUT2D eigenvalue weighted by Gasteiger charge is -2.28. The number of esters is 1. The summed E-state index contributed by atoms with van der Waals surface area (Å²) in [7, 11) is 0. The van der Waals surface area contributed by atoms with E-state index in [0.29, 0.717) is 18.3 Å². The normalized spacial score (nSPS) is 19.2. The molecule has 0 saturated heterocycles. The second kappa shape index (κ2) is 9.72. The lowest BCUT2D eigenvalue weighted by Crippen LogP contribution is -2.14. The summed E-state index contributed by atoms with van der Waals surface area (Å²) < 4.78 is 25.4. The predicted molar refractivity (Wildman–Crippen MR) is 109 cm³/mol. The van der Waals surface area contributed by atoms with Gasteiger partial charge in [0, 0.05) is 0 Å². The van der Waals surface area contributed by atoms with E-state index in [1.807, 2.05) is 13.0 Å². The van der Waals surface area contributed by atoms with Crippen LogP contribution in [-0.4, -0.2) is 12.6 Å². The maximum atomic E-state index is 14.6. The Hall–Kier alpha value is -2.36. The van der Waals surface area contributed by atoms with Crippen LogP contribution in [0.2, 0.25) is 0 Å². The number of ether oxygens (including phenoxy) is 2. The molecule has 0 bridgehead atoms. The van der Waals surface area contributed by atoms with E-state index in [1.165, 1.54) is 25.3 Å². The number of hydrogen-bond acceptors (Lipinski definition) is 3. The van der Waals surface area contributed by atoms with E-state index in [-0.39, 0.29) is 5.56 Å². The molecule has 28 heavy (non-hydrogen) atoms. The Morgan fingerprint density at radius 2 is 1.68 bits per heavy atom. The summed E-state index contributed by atoms with van der Waals surface area (Å²) in [6.07, 6.45) is 6.72. The fraction of sp³-hybridized carbons (Fsp3) is 0.458. The molecule has 2 aromatic rings. The van der Waals surface area contributed by atoms with Gasteiger partial charge in [-0.25, -0.2) is 9.18 Å². The zero-order chi connectivity index (χ0) is 19.9. The number of halogens is 1. The molecule has 1 aliphatic rings. The lowest BCUT2D eigenvalue weighted by atomic mass is 9.78. The average molecular weight is 384 g/mol. The van der Waals surface area contributed by atoms with Gasteiger partial charge in [0.05, 0.1) is 12.2 Å². The van der Waals surface area contributed by atoms with Crippen molar-refractivity contribution in [3.63, 3.8) is 0 Å². The molecule has 1 fully saturated rings. The Morgan fingerprint density at radius 1 is 1.00 bits per heavy atom. The molecule has 0 spiro atoms. The van der Waals surface area contributed by atoms with E-state index >= 15 is 0 Å². The van der Waals surface area contributed by atoms with Crippen LogP contribution in [-0.2, 0) is 0 Å². The maximum Gasteiger partial charge on any atom is 0.346 e. The van der Waals surface area contributed by atoms with Gasteiger partial charge in [-0.2, -0.15) is 0 Å². The predicted octanol–water partition coefficient (Wildman–Crippen LogP) is 6.52. The summed E-state index contributed by atoms with van der Waals surface area (Å²) in [5, 5.41) is 0. The molecule has 0 heterocycles. The molecule has 0 aliphatic heterocycles. The van der Waals surface area contributed by atoms with Gasteiger partial charge in [-0.1, -0.05) is 26.3 Å². The number of carbonyl (C=O) groups excluding carboxylic acids is 1. The van der Waals surface area contributed by atoms with Crippen molar-refractivity contribution in [2.45, 2.75) is 58.3 Å². The Balaban J connectivity index is 1.62. The maximum absolute atomic E-state index is 14.6. The van der Waals surface area contributed by atoms with Crippen molar-refractivity contribution in [1.29, 1.82) is 0 Å². The largest absolute Gasteiger partial charge is 0.494 e. The van der Waals surface area contributed by atoms with Crippen LogP contribution < -0.4 is 9.47 Å². The van der Waals surface area contributed by atoms with E-state index in [1.54, 1.807) is 30.3 Å². The fourth-order valence-electron chi connectivity index (χ4n) is 3.84. The Kier molecular flexibility index (Phi) is 7.07. The second-order valence-electron chi connectivity index (χ2n) is 7.57. The highest BCUT2D eigenvalue weighted by Crippen LogP contribution is 2.37. The first kappa shape index (κ1) is 20.4. The van der Waals surface area contributed by atoms with Gasteiger partial charge in [-0.05, 0) is 85.9 Å². The molecular weight excluding hydrogens is 355 g/mol. The van der Waals surface area contributed by atoms with Gasteiger partial charge in [0.2, 0.25) is 0 Å². The molecule has 0 aromatic heterocycles. The SMILES string of the molecule is CCCOc1ccc(OC(=O)c2ccc(C3CCC(CC)CC3)cc2F)cc1. The van der Waals surface area contributed by atoms with Crippen LogP contribution in [0.1, 0.15) is 74.2 Å². The number of hydrogen-bond donors (Lipinski definition) is 0. The highest BCUT2D eigenvalue weighted by atomic mass is 19.1. The number of benzene rings is 2. The standard InChI is InChI=1S/C24H29FO3/c1-3-15-27-20-10-12-21(13-11-20)28-24(26)22-14-9-19(16-23(22)25)18-7-5-17(4-2)6-8-18/h9-14,16-18H,3-8,15H2,1-2H3. The molecule has 3 rings (SSSR count). The minimum Gasteiger partial charge on any atom is -0.494 e. The number of rotatable bonds is 7. The van der Waals surface area contributed by atoms with Crippen molar-refractivity contribution in [2.24, 2.45) is 5.92 Å². The summed E-state index contributed by atoms with van der Waals surface area (Å²) in [5.41, 5.74) is 0.957. The van der Waals surface area contributed by atoms with Gasteiger partial charge in [-0.3, -0.25) is 0 Å². The molecular formula is C24H29FO3. The third kappa shape index (κ3) is 5.12. The summed E-state index contributed by atoms with van der Waals surface area (Å²) >= 11 is 0. The monoisotopic (exact) mass is 384 g/mol. The number of carbonyl (C=O) groups is 1. The van der Waals surface area contributed by atoms with Gasteiger partial charge in [0.1, 0.15) is 17.3 Å². The van der Waals surface area contributed by atoms with Crippen LogP contribution in [0.15, 0.2) is 42.5 Å². The quantitative estimate of drug-likeness (QED) is 0.403. The van der Waals surface area contributed by atoms with Crippen LogP contribution in [0.25, 0.3) is 0 Å². The van der Waals surface area contributed by atoms with Crippen LogP contribution in [0.4, 0.5) is 4.39 Å². The molecule has 4 heteroatoms. The van der Waals surface area contributed by atoms with E-state index in [2.05, 4.69) is 6.92 Å². The summed E-state index contributed by atoms with van der Waals surface area (Å²) in [5.74, 6) is 1.08. The molecule has 0 N–H and O–H groups in total. The van der Waals surface area contributed by atoms with Gasteiger partial charge in [0.15, 0.2) is 0 Å². The van der Waals surface area contributed by atoms with Crippen molar-refractivity contribution in [1.82, 2.24) is 0 Å². The molecule has 0 amide bonds. The third-order valence-corrected chi connectivity index (χ3v) is 5.62. The molecule has 0 unspecified atom stereocenters. The van der Waals surface area contributed by atoms with E-state index in [4.69, 9.17) is 9.47 Å². The smallest absolute Gasteiger partial charge is 0.346 e. The van der Waals surface area contributed by atoms with Gasteiger partial charge >= 0.3 is 5.97 Å². The molecule has 0 atom stereocenters. The Morgan fingerprint density at radius 3 is 2.29 bits per heavy atom. The van der Waals surface area contributed by atoms with E-state index in [9.17, 15) is 9.18 Å². The molecule has 1 aliphatic carbocycles. The Bertz CT molecular complexity index is 777. The first-order valence-electron chi connectivity index (χ1n) is 10.3. The first-order chi connectivity index (χ1) is 13.6. The molecule has 3 nitrogen and oxygen atoms in total. The van der Waals surface area contributed by atoms with Crippen molar-refractivity contribution in [2.75, 3.05) is 6.61 Å². The summed E-state index contributed by atoms with van der Waals surface area (Å²) in [6.45, 7) is 4.90. The summed E-state index contributed by atoms with van der Waals surface area (Å²) in [6, 6.07) is 11.7. The highest BCUT2D eigenvalue weighted by Gasteiger charge is 2.23. The average Bonchev–Trinajstić information content (AvgIpc) is 2.73. The Labute approximate surface area is 166 Å². The lowest BCUT2D eigenvalue weighted by molar-refractivity contribution is 0.0729. The van der Waals surface area contributed by atoms with Gasteiger partial charge < -0.3 is 9.47 Å².